The zero-order chi connectivity index (χ0) is 16.4. The van der Waals surface area contributed by atoms with Gasteiger partial charge in [0.15, 0.2) is 0 Å². The van der Waals surface area contributed by atoms with Gasteiger partial charge >= 0.3 is 5.97 Å². The van der Waals surface area contributed by atoms with Crippen LogP contribution in [0.2, 0.25) is 0 Å². The molecule has 1 N–H and O–H groups in total. The summed E-state index contributed by atoms with van der Waals surface area (Å²) in [6.07, 6.45) is 0. The number of phenolic OH excluding ortho intramolecular Hbond substituents is 1. The summed E-state index contributed by atoms with van der Waals surface area (Å²) in [7, 11) is 0. The molecule has 3 aromatic carbocycles. The number of carbonyl (C=O) groups is 1. The van der Waals surface area contributed by atoms with E-state index in [0.717, 1.165) is 16.5 Å². The average Bonchev–Trinajstić information content (AvgIpc) is 2.55. The van der Waals surface area contributed by atoms with Crippen LogP contribution in [0.1, 0.15) is 17.3 Å². The van der Waals surface area contributed by atoms with Gasteiger partial charge < -0.3 is 9.84 Å². The summed E-state index contributed by atoms with van der Waals surface area (Å²) in [5.41, 5.74) is 2.03. The fraction of sp³-hybridized carbons (Fsp3) is 0.105. The van der Waals surface area contributed by atoms with Crippen LogP contribution in [0.25, 0.3) is 21.9 Å². The number of ether oxygens (including phenoxy) is 1. The van der Waals surface area contributed by atoms with E-state index in [9.17, 15) is 14.3 Å². The molecule has 0 saturated carbocycles. The number of esters is 1. The van der Waals surface area contributed by atoms with Crippen molar-refractivity contribution in [2.24, 2.45) is 0 Å². The van der Waals surface area contributed by atoms with Crippen LogP contribution in [0.3, 0.4) is 0 Å². The predicted molar refractivity (Wildman–Crippen MR) is 87.0 cm³/mol. The van der Waals surface area contributed by atoms with Gasteiger partial charge in [-0.15, -0.1) is 0 Å². The number of fused-ring (bicyclic) bond motifs is 1. The van der Waals surface area contributed by atoms with Crippen LogP contribution in [0.15, 0.2) is 54.6 Å². The highest BCUT2D eigenvalue weighted by atomic mass is 19.1. The summed E-state index contributed by atoms with van der Waals surface area (Å²) in [5.74, 6) is -0.745. The smallest absolute Gasteiger partial charge is 0.338 e. The number of hydrogen-bond acceptors (Lipinski definition) is 3. The van der Waals surface area contributed by atoms with Crippen LogP contribution < -0.4 is 0 Å². The third-order valence-electron chi connectivity index (χ3n) is 3.62. The molecule has 0 aromatic heterocycles. The molecule has 0 aliphatic carbocycles. The van der Waals surface area contributed by atoms with Crippen molar-refractivity contribution in [3.63, 3.8) is 0 Å². The Morgan fingerprint density at radius 2 is 1.74 bits per heavy atom. The van der Waals surface area contributed by atoms with Gasteiger partial charge in [-0.2, -0.15) is 0 Å². The maximum Gasteiger partial charge on any atom is 0.338 e. The second-order valence-electron chi connectivity index (χ2n) is 5.16. The van der Waals surface area contributed by atoms with E-state index in [2.05, 4.69) is 0 Å². The molecule has 0 saturated heterocycles. The molecule has 0 aliphatic rings. The summed E-state index contributed by atoms with van der Waals surface area (Å²) in [4.78, 5) is 11.9. The normalized spacial score (nSPS) is 10.7. The van der Waals surface area contributed by atoms with Crippen molar-refractivity contribution in [3.8, 4) is 16.9 Å². The summed E-state index contributed by atoms with van der Waals surface area (Å²) >= 11 is 0. The molecule has 0 aliphatic heterocycles. The Morgan fingerprint density at radius 1 is 1.04 bits per heavy atom. The quantitative estimate of drug-likeness (QED) is 0.723. The Hall–Kier alpha value is -2.88. The van der Waals surface area contributed by atoms with E-state index in [1.165, 1.54) is 18.2 Å². The van der Waals surface area contributed by atoms with Crippen molar-refractivity contribution in [1.29, 1.82) is 0 Å². The Balaban J connectivity index is 2.10. The summed E-state index contributed by atoms with van der Waals surface area (Å²) in [5, 5.41) is 11.5. The van der Waals surface area contributed by atoms with Gasteiger partial charge in [-0.1, -0.05) is 24.3 Å². The van der Waals surface area contributed by atoms with Gasteiger partial charge in [0.1, 0.15) is 11.6 Å². The van der Waals surface area contributed by atoms with E-state index in [4.69, 9.17) is 4.74 Å². The second-order valence-corrected chi connectivity index (χ2v) is 5.16. The van der Waals surface area contributed by atoms with Crippen molar-refractivity contribution in [2.45, 2.75) is 6.92 Å². The average molecular weight is 310 g/mol. The number of benzene rings is 3. The van der Waals surface area contributed by atoms with E-state index in [1.54, 1.807) is 31.2 Å². The van der Waals surface area contributed by atoms with E-state index >= 15 is 0 Å². The number of aromatic hydroxyl groups is 1. The molecule has 0 heterocycles. The lowest BCUT2D eigenvalue weighted by molar-refractivity contribution is 0.0526. The van der Waals surface area contributed by atoms with Crippen molar-refractivity contribution in [1.82, 2.24) is 0 Å². The zero-order valence-corrected chi connectivity index (χ0v) is 12.5. The summed E-state index contributed by atoms with van der Waals surface area (Å²) in [6, 6.07) is 14.7. The summed E-state index contributed by atoms with van der Waals surface area (Å²) in [6.45, 7) is 2.00. The molecule has 3 rings (SSSR count). The number of carbonyl (C=O) groups excluding carboxylic acids is 1. The molecule has 0 fully saturated rings. The zero-order valence-electron chi connectivity index (χ0n) is 12.5. The molecule has 3 aromatic rings. The lowest BCUT2D eigenvalue weighted by atomic mass is 9.99. The number of phenols is 1. The van der Waals surface area contributed by atoms with Crippen molar-refractivity contribution < 1.29 is 19.0 Å². The fourth-order valence-electron chi connectivity index (χ4n) is 2.50. The van der Waals surface area contributed by atoms with Crippen LogP contribution in [0, 0.1) is 5.82 Å². The van der Waals surface area contributed by atoms with Crippen LogP contribution in [-0.2, 0) is 4.74 Å². The largest absolute Gasteiger partial charge is 0.507 e. The molecule has 0 atom stereocenters. The van der Waals surface area contributed by atoms with Gasteiger partial charge in [-0.25, -0.2) is 9.18 Å². The first-order valence-corrected chi connectivity index (χ1v) is 7.28. The van der Waals surface area contributed by atoms with Crippen LogP contribution in [-0.4, -0.2) is 17.7 Å². The lowest BCUT2D eigenvalue weighted by Gasteiger charge is -2.08. The first-order valence-electron chi connectivity index (χ1n) is 7.28. The van der Waals surface area contributed by atoms with Gasteiger partial charge in [0.2, 0.25) is 0 Å². The maximum atomic E-state index is 13.0. The third-order valence-corrected chi connectivity index (χ3v) is 3.62. The molecule has 0 bridgehead atoms. The second kappa shape index (κ2) is 6.08. The van der Waals surface area contributed by atoms with Crippen LogP contribution in [0.4, 0.5) is 4.39 Å². The van der Waals surface area contributed by atoms with Crippen molar-refractivity contribution in [3.05, 3.63) is 66.0 Å². The van der Waals surface area contributed by atoms with Gasteiger partial charge in [-0.05, 0) is 53.8 Å². The van der Waals surface area contributed by atoms with E-state index < -0.39 is 5.97 Å². The van der Waals surface area contributed by atoms with E-state index in [1.807, 2.05) is 12.1 Å². The van der Waals surface area contributed by atoms with E-state index in [0.29, 0.717) is 10.9 Å². The van der Waals surface area contributed by atoms with Gasteiger partial charge in [0.25, 0.3) is 0 Å². The molecule has 3 nitrogen and oxygen atoms in total. The molecule has 23 heavy (non-hydrogen) atoms. The molecular formula is C19H15FO3. The molecular weight excluding hydrogens is 295 g/mol. The maximum absolute atomic E-state index is 13.0. The first-order chi connectivity index (χ1) is 11.1. The highest BCUT2D eigenvalue weighted by molar-refractivity contribution is 5.99. The van der Waals surface area contributed by atoms with Gasteiger partial charge in [0.05, 0.1) is 12.2 Å². The van der Waals surface area contributed by atoms with Crippen molar-refractivity contribution >= 4 is 16.7 Å². The number of rotatable bonds is 3. The highest BCUT2D eigenvalue weighted by Crippen LogP contribution is 2.31. The van der Waals surface area contributed by atoms with Gasteiger partial charge in [-0.3, -0.25) is 0 Å². The molecule has 0 amide bonds. The summed E-state index contributed by atoms with van der Waals surface area (Å²) < 4.78 is 18.0. The standard InChI is InChI=1S/C19H15FO3/c1-2-23-19(22)15-10-14-9-13(5-8-17(14)18(21)11-15)12-3-6-16(20)7-4-12/h3-11,21H,2H2,1H3. The SMILES string of the molecule is CCOC(=O)c1cc(O)c2ccc(-c3ccc(F)cc3)cc2c1. The topological polar surface area (TPSA) is 46.5 Å². The lowest BCUT2D eigenvalue weighted by Crippen LogP contribution is -2.04. The molecule has 4 heteroatoms. The fourth-order valence-corrected chi connectivity index (χ4v) is 2.50. The predicted octanol–water partition coefficient (Wildman–Crippen LogP) is 4.53. The van der Waals surface area contributed by atoms with Crippen LogP contribution >= 0.6 is 0 Å². The van der Waals surface area contributed by atoms with Gasteiger partial charge in [0, 0.05) is 5.39 Å². The number of halogens is 1. The minimum absolute atomic E-state index is 0.0243. The Bertz CT molecular complexity index is 870. The van der Waals surface area contributed by atoms with E-state index in [-0.39, 0.29) is 18.2 Å². The molecule has 0 radical (unpaired) electrons. The molecule has 0 spiro atoms. The number of hydrogen-bond donors (Lipinski definition) is 1. The highest BCUT2D eigenvalue weighted by Gasteiger charge is 2.11. The monoisotopic (exact) mass is 310 g/mol. The minimum atomic E-state index is -0.475. The molecule has 0 unspecified atom stereocenters. The Kier molecular flexibility index (Phi) is 3.98. The Labute approximate surface area is 132 Å². The first kappa shape index (κ1) is 15.0. The minimum Gasteiger partial charge on any atom is -0.507 e. The molecule has 116 valence electrons. The third kappa shape index (κ3) is 3.01. The van der Waals surface area contributed by atoms with Crippen LogP contribution in [0.5, 0.6) is 5.75 Å². The van der Waals surface area contributed by atoms with Crippen molar-refractivity contribution in [2.75, 3.05) is 6.61 Å². The Morgan fingerprint density at radius 3 is 2.43 bits per heavy atom.